The highest BCUT2D eigenvalue weighted by molar-refractivity contribution is 5.89. The van der Waals surface area contributed by atoms with Crippen molar-refractivity contribution in [3.63, 3.8) is 0 Å². The van der Waals surface area contributed by atoms with E-state index in [1.165, 1.54) is 0 Å². The van der Waals surface area contributed by atoms with Gasteiger partial charge in [0.25, 0.3) is 0 Å². The van der Waals surface area contributed by atoms with Crippen LogP contribution >= 0.6 is 0 Å². The highest BCUT2D eigenvalue weighted by atomic mass is 16.3. The number of amides is 1. The van der Waals surface area contributed by atoms with Crippen molar-refractivity contribution in [3.8, 4) is 0 Å². The zero-order valence-electron chi connectivity index (χ0n) is 9.96. The zero-order valence-corrected chi connectivity index (χ0v) is 9.96. The van der Waals surface area contributed by atoms with E-state index in [1.807, 2.05) is 0 Å². The van der Waals surface area contributed by atoms with Crippen molar-refractivity contribution in [2.75, 3.05) is 6.61 Å². The predicted molar refractivity (Wildman–Crippen MR) is 61.7 cm³/mol. The topological polar surface area (TPSA) is 75.3 Å². The van der Waals surface area contributed by atoms with Crippen LogP contribution in [0.15, 0.2) is 0 Å². The van der Waals surface area contributed by atoms with Crippen LogP contribution in [0.3, 0.4) is 0 Å². The molecule has 0 aliphatic heterocycles. The molecule has 0 unspecified atom stereocenters. The van der Waals surface area contributed by atoms with Gasteiger partial charge in [0.2, 0.25) is 5.91 Å². The Labute approximate surface area is 96.6 Å². The first-order valence-electron chi connectivity index (χ1n) is 6.22. The van der Waals surface area contributed by atoms with Gasteiger partial charge in [-0.05, 0) is 44.4 Å². The number of nitrogens with one attached hydrogen (secondary N) is 1. The van der Waals surface area contributed by atoms with Gasteiger partial charge in [-0.15, -0.1) is 0 Å². The van der Waals surface area contributed by atoms with E-state index in [2.05, 4.69) is 12.2 Å². The van der Waals surface area contributed by atoms with E-state index >= 15 is 0 Å². The Morgan fingerprint density at radius 3 is 2.38 bits per heavy atom. The van der Waals surface area contributed by atoms with Gasteiger partial charge in [-0.1, -0.05) is 6.92 Å². The Morgan fingerprint density at radius 1 is 1.38 bits per heavy atom. The average Bonchev–Trinajstić information content (AvgIpc) is 3.02. The van der Waals surface area contributed by atoms with Crippen LogP contribution in [0, 0.1) is 5.92 Å². The summed E-state index contributed by atoms with van der Waals surface area (Å²) in [5, 5.41) is 12.5. The molecule has 1 amide bonds. The molecule has 0 heterocycles. The van der Waals surface area contributed by atoms with Gasteiger partial charge in [-0.3, -0.25) is 4.79 Å². The lowest BCUT2D eigenvalue weighted by atomic mass is 9.77. The Balaban J connectivity index is 1.96. The molecule has 0 radical (unpaired) electrons. The van der Waals surface area contributed by atoms with Crippen LogP contribution in [0.5, 0.6) is 0 Å². The molecule has 16 heavy (non-hydrogen) atoms. The van der Waals surface area contributed by atoms with Gasteiger partial charge in [0.05, 0.1) is 17.7 Å². The van der Waals surface area contributed by atoms with Crippen LogP contribution in [0.2, 0.25) is 0 Å². The molecule has 4 nitrogen and oxygen atoms in total. The van der Waals surface area contributed by atoms with Gasteiger partial charge in [0.1, 0.15) is 0 Å². The minimum Gasteiger partial charge on any atom is -0.394 e. The van der Waals surface area contributed by atoms with E-state index in [0.29, 0.717) is 5.92 Å². The number of carbonyl (C=O) groups excluding carboxylic acids is 1. The van der Waals surface area contributed by atoms with Crippen LogP contribution < -0.4 is 11.1 Å². The number of carbonyl (C=O) groups is 1. The van der Waals surface area contributed by atoms with Gasteiger partial charge >= 0.3 is 0 Å². The maximum absolute atomic E-state index is 11.9. The molecule has 0 atom stereocenters. The molecule has 2 rings (SSSR count). The van der Waals surface area contributed by atoms with Crippen molar-refractivity contribution in [3.05, 3.63) is 0 Å². The standard InChI is InChI=1S/C12H22N2O2/c1-9-2-4-11(8-15,5-3-9)14-10(16)12(13)6-7-12/h9,15H,2-8,13H2,1H3,(H,14,16). The van der Waals surface area contributed by atoms with Crippen LogP contribution in [0.4, 0.5) is 0 Å². The van der Waals surface area contributed by atoms with Gasteiger partial charge in [0, 0.05) is 0 Å². The van der Waals surface area contributed by atoms with Crippen LogP contribution in [0.1, 0.15) is 45.4 Å². The highest BCUT2D eigenvalue weighted by Crippen LogP contribution is 2.36. The van der Waals surface area contributed by atoms with E-state index in [0.717, 1.165) is 38.5 Å². The van der Waals surface area contributed by atoms with Crippen LogP contribution in [-0.2, 0) is 4.79 Å². The maximum Gasteiger partial charge on any atom is 0.240 e. The van der Waals surface area contributed by atoms with Gasteiger partial charge < -0.3 is 16.2 Å². The lowest BCUT2D eigenvalue weighted by Gasteiger charge is -2.39. The second kappa shape index (κ2) is 4.00. The SMILES string of the molecule is CC1CCC(CO)(NC(=O)C2(N)CC2)CC1. The molecule has 0 saturated heterocycles. The summed E-state index contributed by atoms with van der Waals surface area (Å²) in [5.74, 6) is 0.625. The van der Waals surface area contributed by atoms with Gasteiger partial charge in [-0.25, -0.2) is 0 Å². The molecule has 0 aromatic heterocycles. The molecule has 0 spiro atoms. The first kappa shape index (κ1) is 11.9. The number of nitrogens with two attached hydrogens (primary N) is 1. The second-order valence-electron chi connectivity index (χ2n) is 5.73. The summed E-state index contributed by atoms with van der Waals surface area (Å²) in [4.78, 5) is 11.9. The summed E-state index contributed by atoms with van der Waals surface area (Å²) in [6, 6.07) is 0. The van der Waals surface area contributed by atoms with Gasteiger partial charge in [0.15, 0.2) is 0 Å². The van der Waals surface area contributed by atoms with E-state index in [-0.39, 0.29) is 12.5 Å². The van der Waals surface area contributed by atoms with E-state index in [4.69, 9.17) is 5.73 Å². The fraction of sp³-hybridized carbons (Fsp3) is 0.917. The fourth-order valence-electron chi connectivity index (χ4n) is 2.36. The highest BCUT2D eigenvalue weighted by Gasteiger charge is 2.48. The van der Waals surface area contributed by atoms with Crippen LogP contribution in [0.25, 0.3) is 0 Å². The number of aliphatic hydroxyl groups excluding tert-OH is 1. The normalized spacial score (nSPS) is 36.8. The molecule has 4 N–H and O–H groups in total. The maximum atomic E-state index is 11.9. The number of aliphatic hydroxyl groups is 1. The van der Waals surface area contributed by atoms with Crippen molar-refractivity contribution in [1.82, 2.24) is 5.32 Å². The minimum absolute atomic E-state index is 0.0293. The van der Waals surface area contributed by atoms with Crippen molar-refractivity contribution in [1.29, 1.82) is 0 Å². The van der Waals surface area contributed by atoms with E-state index in [9.17, 15) is 9.90 Å². The number of rotatable bonds is 3. The predicted octanol–water partition coefficient (Wildman–Crippen LogP) is 0.535. The molecule has 2 saturated carbocycles. The third kappa shape index (κ3) is 2.23. The zero-order chi connectivity index (χ0) is 11.8. The van der Waals surface area contributed by atoms with E-state index in [1.54, 1.807) is 0 Å². The summed E-state index contributed by atoms with van der Waals surface area (Å²) < 4.78 is 0. The first-order chi connectivity index (χ1) is 7.50. The molecule has 2 fully saturated rings. The summed E-state index contributed by atoms with van der Waals surface area (Å²) in [5.41, 5.74) is 4.82. The summed E-state index contributed by atoms with van der Waals surface area (Å²) in [7, 11) is 0. The molecule has 92 valence electrons. The van der Waals surface area contributed by atoms with Crippen molar-refractivity contribution in [2.45, 2.75) is 56.5 Å². The average molecular weight is 226 g/mol. The Bertz CT molecular complexity index is 279. The Kier molecular flexibility index (Phi) is 2.97. The first-order valence-corrected chi connectivity index (χ1v) is 6.22. The van der Waals surface area contributed by atoms with E-state index < -0.39 is 11.1 Å². The minimum atomic E-state index is -0.634. The fourth-order valence-corrected chi connectivity index (χ4v) is 2.36. The quantitative estimate of drug-likeness (QED) is 0.657. The third-order valence-corrected chi connectivity index (χ3v) is 4.15. The van der Waals surface area contributed by atoms with Crippen molar-refractivity contribution in [2.24, 2.45) is 11.7 Å². The van der Waals surface area contributed by atoms with Crippen LogP contribution in [-0.4, -0.2) is 28.7 Å². The monoisotopic (exact) mass is 226 g/mol. The van der Waals surface area contributed by atoms with Gasteiger partial charge in [-0.2, -0.15) is 0 Å². The Morgan fingerprint density at radius 2 is 1.94 bits per heavy atom. The molecule has 0 aromatic rings. The number of hydrogen-bond acceptors (Lipinski definition) is 3. The summed E-state index contributed by atoms with van der Waals surface area (Å²) in [6.45, 7) is 2.25. The molecule has 4 heteroatoms. The molecular formula is C12H22N2O2. The largest absolute Gasteiger partial charge is 0.394 e. The smallest absolute Gasteiger partial charge is 0.240 e. The lowest BCUT2D eigenvalue weighted by Crippen LogP contribution is -2.58. The second-order valence-corrected chi connectivity index (χ2v) is 5.73. The molecular weight excluding hydrogens is 204 g/mol. The van der Waals surface area contributed by atoms with Crippen molar-refractivity contribution >= 4 is 5.91 Å². The summed E-state index contributed by atoms with van der Waals surface area (Å²) in [6.07, 6.45) is 5.42. The van der Waals surface area contributed by atoms with Crippen molar-refractivity contribution < 1.29 is 9.90 Å². The molecule has 0 aromatic carbocycles. The Hall–Kier alpha value is -0.610. The molecule has 2 aliphatic rings. The third-order valence-electron chi connectivity index (χ3n) is 4.15. The molecule has 0 bridgehead atoms. The number of hydrogen-bond donors (Lipinski definition) is 3. The molecule has 2 aliphatic carbocycles. The summed E-state index contributed by atoms with van der Waals surface area (Å²) >= 11 is 0. The lowest BCUT2D eigenvalue weighted by molar-refractivity contribution is -0.126.